The normalized spacial score (nSPS) is 12.4. The van der Waals surface area contributed by atoms with Crippen molar-refractivity contribution in [1.29, 1.82) is 0 Å². The Balaban J connectivity index is 2.22. The molecule has 1 atom stereocenters. The van der Waals surface area contributed by atoms with Crippen molar-refractivity contribution in [3.63, 3.8) is 0 Å². The van der Waals surface area contributed by atoms with E-state index in [1.54, 1.807) is 30.8 Å². The van der Waals surface area contributed by atoms with Crippen molar-refractivity contribution >= 4 is 11.3 Å². The second-order valence-electron chi connectivity index (χ2n) is 3.79. The zero-order valence-electron chi connectivity index (χ0n) is 10.0. The number of nitrogens with one attached hydrogen (secondary N) is 1. The third kappa shape index (κ3) is 2.84. The molecule has 0 saturated heterocycles. The third-order valence-electron chi connectivity index (χ3n) is 2.78. The number of thiophene rings is 1. The number of pyridine rings is 1. The van der Waals surface area contributed by atoms with Gasteiger partial charge in [0.05, 0.1) is 13.3 Å². The molecule has 0 spiro atoms. The van der Waals surface area contributed by atoms with Gasteiger partial charge < -0.3 is 10.1 Å². The van der Waals surface area contributed by atoms with Crippen LogP contribution in [0.3, 0.4) is 0 Å². The first-order valence-corrected chi connectivity index (χ1v) is 6.45. The molecule has 0 aliphatic rings. The van der Waals surface area contributed by atoms with Crippen molar-refractivity contribution in [2.24, 2.45) is 0 Å². The van der Waals surface area contributed by atoms with E-state index in [0.29, 0.717) is 0 Å². The molecule has 0 aliphatic carbocycles. The van der Waals surface area contributed by atoms with Gasteiger partial charge in [0.2, 0.25) is 0 Å². The summed E-state index contributed by atoms with van der Waals surface area (Å²) in [6, 6.07) is 4.41. The summed E-state index contributed by atoms with van der Waals surface area (Å²) in [5, 5.41) is 7.61. The molecule has 1 N–H and O–H groups in total. The fourth-order valence-electron chi connectivity index (χ4n) is 1.86. The molecule has 0 saturated carbocycles. The maximum absolute atomic E-state index is 5.35. The molecule has 1 unspecified atom stereocenters. The third-order valence-corrected chi connectivity index (χ3v) is 3.51. The molecule has 0 aliphatic heterocycles. The molecule has 2 rings (SSSR count). The largest absolute Gasteiger partial charge is 0.495 e. The highest BCUT2D eigenvalue weighted by atomic mass is 32.1. The van der Waals surface area contributed by atoms with Crippen molar-refractivity contribution in [3.8, 4) is 5.75 Å². The number of ether oxygens (including phenoxy) is 1. The van der Waals surface area contributed by atoms with Crippen LogP contribution in [0.5, 0.6) is 5.75 Å². The second-order valence-corrected chi connectivity index (χ2v) is 4.57. The summed E-state index contributed by atoms with van der Waals surface area (Å²) in [6.45, 7) is 0. The number of methoxy groups -OCH3 is 1. The first-order chi connectivity index (χ1) is 8.35. The fraction of sp³-hybridized carbons (Fsp3) is 0.308. The van der Waals surface area contributed by atoms with Crippen LogP contribution in [0.25, 0.3) is 0 Å². The molecule has 2 aromatic rings. The smallest absolute Gasteiger partial charge is 0.141 e. The summed E-state index contributed by atoms with van der Waals surface area (Å²) in [4.78, 5) is 4.08. The Labute approximate surface area is 105 Å². The van der Waals surface area contributed by atoms with Gasteiger partial charge in [0.15, 0.2) is 0 Å². The quantitative estimate of drug-likeness (QED) is 0.883. The van der Waals surface area contributed by atoms with Gasteiger partial charge in [-0.25, -0.2) is 0 Å². The highest BCUT2D eigenvalue weighted by Gasteiger charge is 2.14. The summed E-state index contributed by atoms with van der Waals surface area (Å²) in [7, 11) is 3.65. The van der Waals surface area contributed by atoms with Crippen LogP contribution in [0.1, 0.15) is 17.2 Å². The van der Waals surface area contributed by atoms with Crippen LogP contribution in [0.4, 0.5) is 0 Å². The maximum Gasteiger partial charge on any atom is 0.141 e. The van der Waals surface area contributed by atoms with E-state index in [1.165, 1.54) is 5.56 Å². The summed E-state index contributed by atoms with van der Waals surface area (Å²) < 4.78 is 5.35. The van der Waals surface area contributed by atoms with E-state index in [4.69, 9.17) is 4.74 Å². The molecule has 0 fully saturated rings. The van der Waals surface area contributed by atoms with Gasteiger partial charge in [-0.3, -0.25) is 4.98 Å². The van der Waals surface area contributed by atoms with Gasteiger partial charge >= 0.3 is 0 Å². The summed E-state index contributed by atoms with van der Waals surface area (Å²) in [5.41, 5.74) is 2.49. The van der Waals surface area contributed by atoms with Crippen LogP contribution in [0, 0.1) is 0 Å². The van der Waals surface area contributed by atoms with E-state index in [2.05, 4.69) is 27.1 Å². The fourth-order valence-corrected chi connectivity index (χ4v) is 2.54. The lowest BCUT2D eigenvalue weighted by atomic mass is 10.0. The van der Waals surface area contributed by atoms with Crippen molar-refractivity contribution < 1.29 is 4.74 Å². The first kappa shape index (κ1) is 12.1. The first-order valence-electron chi connectivity index (χ1n) is 5.51. The number of hydrogen-bond acceptors (Lipinski definition) is 4. The van der Waals surface area contributed by atoms with E-state index in [-0.39, 0.29) is 6.04 Å². The van der Waals surface area contributed by atoms with Gasteiger partial charge in [0.25, 0.3) is 0 Å². The molecular formula is C13H16N2OS. The molecular weight excluding hydrogens is 232 g/mol. The van der Waals surface area contributed by atoms with E-state index in [9.17, 15) is 0 Å². The standard InChI is InChI=1S/C13H16N2OS/c1-14-12(7-10-4-6-17-9-10)11-3-5-15-8-13(11)16-2/h3-6,8-9,12,14H,7H2,1-2H3. The molecule has 17 heavy (non-hydrogen) atoms. The average molecular weight is 248 g/mol. The predicted molar refractivity (Wildman–Crippen MR) is 70.6 cm³/mol. The molecule has 90 valence electrons. The van der Waals surface area contributed by atoms with Crippen LogP contribution < -0.4 is 10.1 Å². The van der Waals surface area contributed by atoms with Crippen molar-refractivity contribution in [2.75, 3.05) is 14.2 Å². The molecule has 2 aromatic heterocycles. The molecule has 0 bridgehead atoms. The highest BCUT2D eigenvalue weighted by Crippen LogP contribution is 2.26. The van der Waals surface area contributed by atoms with E-state index >= 15 is 0 Å². The van der Waals surface area contributed by atoms with E-state index in [0.717, 1.165) is 17.7 Å². The molecule has 4 heteroatoms. The maximum atomic E-state index is 5.35. The topological polar surface area (TPSA) is 34.2 Å². The average Bonchev–Trinajstić information content (AvgIpc) is 2.89. The lowest BCUT2D eigenvalue weighted by molar-refractivity contribution is 0.399. The zero-order valence-corrected chi connectivity index (χ0v) is 10.8. The van der Waals surface area contributed by atoms with Gasteiger partial charge in [-0.15, -0.1) is 0 Å². The Morgan fingerprint density at radius 1 is 1.47 bits per heavy atom. The van der Waals surface area contributed by atoms with Crippen LogP contribution in [-0.2, 0) is 6.42 Å². The van der Waals surface area contributed by atoms with Crippen molar-refractivity contribution in [2.45, 2.75) is 12.5 Å². The lowest BCUT2D eigenvalue weighted by Gasteiger charge is -2.18. The number of rotatable bonds is 5. The summed E-state index contributed by atoms with van der Waals surface area (Å²) in [5.74, 6) is 0.835. The van der Waals surface area contributed by atoms with E-state index < -0.39 is 0 Å². The Morgan fingerprint density at radius 2 is 2.35 bits per heavy atom. The highest BCUT2D eigenvalue weighted by molar-refractivity contribution is 7.07. The van der Waals surface area contributed by atoms with Crippen molar-refractivity contribution in [1.82, 2.24) is 10.3 Å². The number of hydrogen-bond donors (Lipinski definition) is 1. The molecule has 0 radical (unpaired) electrons. The Bertz CT molecular complexity index is 456. The summed E-state index contributed by atoms with van der Waals surface area (Å²) >= 11 is 1.73. The van der Waals surface area contributed by atoms with Gasteiger partial charge in [-0.1, -0.05) is 0 Å². The number of nitrogens with zero attached hydrogens (tertiary/aromatic N) is 1. The van der Waals surface area contributed by atoms with Gasteiger partial charge in [-0.2, -0.15) is 11.3 Å². The minimum atomic E-state index is 0.252. The van der Waals surface area contributed by atoms with Crippen LogP contribution in [-0.4, -0.2) is 19.1 Å². The lowest BCUT2D eigenvalue weighted by Crippen LogP contribution is -2.19. The Kier molecular flexibility index (Phi) is 4.12. The van der Waals surface area contributed by atoms with Gasteiger partial charge in [-0.05, 0) is 41.9 Å². The molecule has 0 amide bonds. The zero-order chi connectivity index (χ0) is 12.1. The van der Waals surface area contributed by atoms with E-state index in [1.807, 2.05) is 13.1 Å². The second kappa shape index (κ2) is 5.80. The molecule has 3 nitrogen and oxygen atoms in total. The van der Waals surface area contributed by atoms with Gasteiger partial charge in [0, 0.05) is 17.8 Å². The Morgan fingerprint density at radius 3 is 3.00 bits per heavy atom. The minimum Gasteiger partial charge on any atom is -0.495 e. The Hall–Kier alpha value is -1.39. The van der Waals surface area contributed by atoms with Crippen LogP contribution in [0.15, 0.2) is 35.3 Å². The molecule has 2 heterocycles. The molecule has 0 aromatic carbocycles. The van der Waals surface area contributed by atoms with Gasteiger partial charge in [0.1, 0.15) is 5.75 Å². The number of aromatic nitrogens is 1. The SMILES string of the molecule is CNC(Cc1ccsc1)c1ccncc1OC. The summed E-state index contributed by atoms with van der Waals surface area (Å²) in [6.07, 6.45) is 4.52. The minimum absolute atomic E-state index is 0.252. The van der Waals surface area contributed by atoms with Crippen LogP contribution >= 0.6 is 11.3 Å². The van der Waals surface area contributed by atoms with Crippen molar-refractivity contribution in [3.05, 3.63) is 46.4 Å². The number of likely N-dealkylation sites (N-methyl/N-ethyl adjacent to an activating group) is 1. The van der Waals surface area contributed by atoms with Crippen LogP contribution in [0.2, 0.25) is 0 Å². The predicted octanol–water partition coefficient (Wildman–Crippen LogP) is 2.65. The monoisotopic (exact) mass is 248 g/mol.